The van der Waals surface area contributed by atoms with Gasteiger partial charge in [0.2, 0.25) is 0 Å². The predicted molar refractivity (Wildman–Crippen MR) is 147 cm³/mol. The van der Waals surface area contributed by atoms with Gasteiger partial charge in [0.15, 0.2) is 0 Å². The maximum Gasteiger partial charge on any atom is 0.119 e. The number of anilines is 1. The van der Waals surface area contributed by atoms with Crippen molar-refractivity contribution in [2.24, 2.45) is 0 Å². The maximum atomic E-state index is 5.57. The average Bonchev–Trinajstić information content (AvgIpc) is 3.11. The Labute approximate surface area is 208 Å². The molecule has 184 valence electrons. The summed E-state index contributed by atoms with van der Waals surface area (Å²) in [6, 6.07) is 17.5. The van der Waals surface area contributed by atoms with Crippen LogP contribution in [-0.4, -0.2) is 31.3 Å². The van der Waals surface area contributed by atoms with Gasteiger partial charge >= 0.3 is 0 Å². The largest absolute Gasteiger partial charge is 0.497 e. The third-order valence-electron chi connectivity index (χ3n) is 7.24. The molecule has 0 saturated carbocycles. The zero-order valence-electron chi connectivity index (χ0n) is 22.0. The third-order valence-corrected chi connectivity index (χ3v) is 7.24. The Bertz CT molecular complexity index is 945. The first-order chi connectivity index (χ1) is 16.5. The van der Waals surface area contributed by atoms with E-state index in [4.69, 9.17) is 4.74 Å². The van der Waals surface area contributed by atoms with Gasteiger partial charge in [-0.1, -0.05) is 82.3 Å². The average molecular weight is 461 g/mol. The number of fused-ring (bicyclic) bond motifs is 3. The number of ether oxygens (including phenoxy) is 1. The topological polar surface area (TPSA) is 15.7 Å². The van der Waals surface area contributed by atoms with Gasteiger partial charge in [-0.05, 0) is 61.4 Å². The monoisotopic (exact) mass is 460 g/mol. The quantitative estimate of drug-likeness (QED) is 0.375. The molecule has 2 aliphatic rings. The molecular weight excluding hydrogens is 416 g/mol. The van der Waals surface area contributed by atoms with Crippen LogP contribution in [0.2, 0.25) is 0 Å². The lowest BCUT2D eigenvalue weighted by molar-refractivity contribution is 0.0777. The number of piperidine rings is 1. The molecule has 0 aromatic heterocycles. The summed E-state index contributed by atoms with van der Waals surface area (Å²) < 4.78 is 5.57. The SMILES string of the molecule is C=C(CC)CN1c2ccc(OC)cc2[C@@]2(C)CCCN(Cc3ccccc3)C12.CC/C=C\CC. The van der Waals surface area contributed by atoms with Crippen molar-refractivity contribution in [1.82, 2.24) is 4.90 Å². The molecule has 4 rings (SSSR count). The first kappa shape index (κ1) is 26.1. The van der Waals surface area contributed by atoms with Gasteiger partial charge in [0.05, 0.1) is 13.3 Å². The lowest BCUT2D eigenvalue weighted by Gasteiger charge is -2.48. The molecule has 0 radical (unpaired) electrons. The summed E-state index contributed by atoms with van der Waals surface area (Å²) in [6.07, 6.45) is 10.5. The van der Waals surface area contributed by atoms with Gasteiger partial charge in [0.1, 0.15) is 5.75 Å². The van der Waals surface area contributed by atoms with E-state index in [0.717, 1.165) is 31.8 Å². The van der Waals surface area contributed by atoms with Crippen LogP contribution in [0.1, 0.15) is 70.9 Å². The molecule has 2 aromatic carbocycles. The fraction of sp³-hybridized carbons (Fsp3) is 0.484. The summed E-state index contributed by atoms with van der Waals surface area (Å²) in [5, 5.41) is 0. The molecule has 0 spiro atoms. The molecule has 0 bridgehead atoms. The van der Waals surface area contributed by atoms with E-state index in [2.05, 4.69) is 105 Å². The van der Waals surface area contributed by atoms with Crippen molar-refractivity contribution in [2.75, 3.05) is 25.1 Å². The molecule has 1 saturated heterocycles. The Morgan fingerprint density at radius 1 is 1.09 bits per heavy atom. The smallest absolute Gasteiger partial charge is 0.119 e. The van der Waals surface area contributed by atoms with Crippen LogP contribution in [0.4, 0.5) is 5.69 Å². The third kappa shape index (κ3) is 5.75. The van der Waals surface area contributed by atoms with Gasteiger partial charge in [-0.2, -0.15) is 0 Å². The molecule has 2 heterocycles. The molecule has 2 aromatic rings. The number of allylic oxidation sites excluding steroid dienone is 2. The van der Waals surface area contributed by atoms with E-state index in [0.29, 0.717) is 6.17 Å². The highest BCUT2D eigenvalue weighted by molar-refractivity contribution is 5.67. The van der Waals surface area contributed by atoms with E-state index >= 15 is 0 Å². The zero-order chi connectivity index (χ0) is 24.6. The molecule has 2 atom stereocenters. The van der Waals surface area contributed by atoms with Crippen molar-refractivity contribution >= 4 is 5.69 Å². The van der Waals surface area contributed by atoms with E-state index in [9.17, 15) is 0 Å². The van der Waals surface area contributed by atoms with Crippen LogP contribution in [0.3, 0.4) is 0 Å². The summed E-state index contributed by atoms with van der Waals surface area (Å²) >= 11 is 0. The van der Waals surface area contributed by atoms with Gasteiger partial charge in [-0.15, -0.1) is 0 Å². The van der Waals surface area contributed by atoms with E-state index in [1.807, 2.05) is 0 Å². The van der Waals surface area contributed by atoms with Gasteiger partial charge in [0, 0.05) is 30.7 Å². The Morgan fingerprint density at radius 2 is 1.79 bits per heavy atom. The van der Waals surface area contributed by atoms with Crippen molar-refractivity contribution in [1.29, 1.82) is 0 Å². The van der Waals surface area contributed by atoms with Crippen LogP contribution < -0.4 is 9.64 Å². The van der Waals surface area contributed by atoms with Crippen LogP contribution in [0, 0.1) is 0 Å². The standard InChI is InChI=1S/C25H32N2O.C6H12/c1-5-19(2)17-27-23-13-12-21(28-4)16-22(23)25(3)14-9-15-26(24(25)27)18-20-10-7-6-8-11-20;1-3-5-6-4-2/h6-8,10-13,16,24H,2,5,9,14-15,17-18H2,1,3-4H3;5-6H,3-4H2,1-2H3/b;6-5-/t24?,25-;/m1./s1. The first-order valence-corrected chi connectivity index (χ1v) is 13.0. The van der Waals surface area contributed by atoms with E-state index in [1.54, 1.807) is 7.11 Å². The second kappa shape index (κ2) is 12.3. The number of methoxy groups -OCH3 is 1. The highest BCUT2D eigenvalue weighted by Crippen LogP contribution is 2.52. The second-order valence-corrected chi connectivity index (χ2v) is 9.75. The molecule has 0 aliphatic carbocycles. The van der Waals surface area contributed by atoms with Gasteiger partial charge in [-0.3, -0.25) is 4.90 Å². The molecular formula is C31H44N2O. The number of likely N-dealkylation sites (tertiary alicyclic amines) is 1. The van der Waals surface area contributed by atoms with Gasteiger partial charge < -0.3 is 9.64 Å². The number of hydrogen-bond acceptors (Lipinski definition) is 3. The number of nitrogens with zero attached hydrogens (tertiary/aromatic N) is 2. The minimum atomic E-state index is 0.102. The van der Waals surface area contributed by atoms with Crippen molar-refractivity contribution in [3.63, 3.8) is 0 Å². The Hall–Kier alpha value is -2.52. The van der Waals surface area contributed by atoms with Crippen molar-refractivity contribution in [3.05, 3.63) is 84.0 Å². The molecule has 34 heavy (non-hydrogen) atoms. The maximum absolute atomic E-state index is 5.57. The molecule has 0 amide bonds. The van der Waals surface area contributed by atoms with Crippen LogP contribution in [0.5, 0.6) is 5.75 Å². The van der Waals surface area contributed by atoms with Crippen molar-refractivity contribution in [3.8, 4) is 5.75 Å². The summed E-state index contributed by atoms with van der Waals surface area (Å²) in [4.78, 5) is 5.27. The fourth-order valence-corrected chi connectivity index (χ4v) is 5.44. The van der Waals surface area contributed by atoms with Crippen LogP contribution in [-0.2, 0) is 12.0 Å². The van der Waals surface area contributed by atoms with Crippen LogP contribution in [0.15, 0.2) is 72.8 Å². The molecule has 0 N–H and O–H groups in total. The Balaban J connectivity index is 0.000000481. The lowest BCUT2D eigenvalue weighted by Crippen LogP contribution is -2.58. The van der Waals surface area contributed by atoms with Gasteiger partial charge in [-0.25, -0.2) is 0 Å². The molecule has 3 nitrogen and oxygen atoms in total. The summed E-state index contributed by atoms with van der Waals surface area (Å²) in [6.45, 7) is 16.3. The summed E-state index contributed by atoms with van der Waals surface area (Å²) in [7, 11) is 1.76. The number of hydrogen-bond donors (Lipinski definition) is 0. The summed E-state index contributed by atoms with van der Waals surface area (Å²) in [5.41, 5.74) is 5.55. The van der Waals surface area contributed by atoms with Crippen LogP contribution >= 0.6 is 0 Å². The number of benzene rings is 2. The molecule has 2 aliphatic heterocycles. The summed E-state index contributed by atoms with van der Waals surface area (Å²) in [5.74, 6) is 0.954. The molecule has 1 unspecified atom stereocenters. The zero-order valence-corrected chi connectivity index (χ0v) is 22.0. The Morgan fingerprint density at radius 3 is 2.41 bits per heavy atom. The highest BCUT2D eigenvalue weighted by Gasteiger charge is 2.52. The molecule has 3 heteroatoms. The van der Waals surface area contributed by atoms with Gasteiger partial charge in [0.25, 0.3) is 0 Å². The highest BCUT2D eigenvalue weighted by atomic mass is 16.5. The fourth-order valence-electron chi connectivity index (χ4n) is 5.44. The van der Waals surface area contributed by atoms with E-state index < -0.39 is 0 Å². The number of rotatable bonds is 8. The Kier molecular flexibility index (Phi) is 9.41. The van der Waals surface area contributed by atoms with E-state index in [1.165, 1.54) is 48.1 Å². The van der Waals surface area contributed by atoms with Crippen molar-refractivity contribution < 1.29 is 4.74 Å². The minimum Gasteiger partial charge on any atom is -0.497 e. The van der Waals surface area contributed by atoms with Crippen molar-refractivity contribution in [2.45, 2.75) is 77.9 Å². The van der Waals surface area contributed by atoms with E-state index in [-0.39, 0.29) is 5.41 Å². The molecule has 1 fully saturated rings. The normalized spacial score (nSPS) is 21.6. The predicted octanol–water partition coefficient (Wildman–Crippen LogP) is 7.72. The first-order valence-electron chi connectivity index (χ1n) is 13.0. The minimum absolute atomic E-state index is 0.102. The van der Waals surface area contributed by atoms with Crippen LogP contribution in [0.25, 0.3) is 0 Å². The lowest BCUT2D eigenvalue weighted by atomic mass is 9.75. The second-order valence-electron chi connectivity index (χ2n) is 9.75.